The Labute approximate surface area is 122 Å². The zero-order valence-electron chi connectivity index (χ0n) is 11.8. The van der Waals surface area contributed by atoms with Crippen molar-refractivity contribution in [1.82, 2.24) is 4.31 Å². The number of nitro benzene ring substituents is 1. The van der Waals surface area contributed by atoms with Crippen molar-refractivity contribution in [2.24, 2.45) is 5.92 Å². The van der Waals surface area contributed by atoms with Crippen LogP contribution in [0.25, 0.3) is 0 Å². The maximum Gasteiger partial charge on any atom is 0.324 e. The average molecular weight is 316 g/mol. The molecule has 0 spiro atoms. The molecule has 1 aromatic rings. The molecule has 1 saturated heterocycles. The van der Waals surface area contributed by atoms with Gasteiger partial charge in [-0.05, 0) is 37.8 Å². The van der Waals surface area contributed by atoms with E-state index in [2.05, 4.69) is 0 Å². The van der Waals surface area contributed by atoms with Gasteiger partial charge in [0.15, 0.2) is 4.90 Å². The number of nitro groups is 1. The Kier molecular flexibility index (Phi) is 4.29. The molecule has 0 N–H and O–H groups in total. The largest absolute Gasteiger partial charge is 0.324 e. The summed E-state index contributed by atoms with van der Waals surface area (Å²) >= 11 is 0. The van der Waals surface area contributed by atoms with Gasteiger partial charge in [-0.1, -0.05) is 13.0 Å². The van der Waals surface area contributed by atoms with Crippen LogP contribution in [0.4, 0.5) is 10.1 Å². The van der Waals surface area contributed by atoms with Crippen molar-refractivity contribution in [2.75, 3.05) is 6.54 Å². The van der Waals surface area contributed by atoms with Gasteiger partial charge in [-0.15, -0.1) is 0 Å². The minimum absolute atomic E-state index is 0.154. The Bertz CT molecular complexity index is 662. The van der Waals surface area contributed by atoms with Crippen LogP contribution in [0.2, 0.25) is 0 Å². The Morgan fingerprint density at radius 2 is 2.05 bits per heavy atom. The van der Waals surface area contributed by atoms with Crippen LogP contribution >= 0.6 is 0 Å². The third-order valence-corrected chi connectivity index (χ3v) is 6.05. The predicted molar refractivity (Wildman–Crippen MR) is 74.8 cm³/mol. The molecule has 116 valence electrons. The van der Waals surface area contributed by atoms with Crippen LogP contribution in [0.15, 0.2) is 23.1 Å². The maximum atomic E-state index is 13.6. The van der Waals surface area contributed by atoms with Gasteiger partial charge in [0, 0.05) is 12.6 Å². The van der Waals surface area contributed by atoms with Crippen molar-refractivity contribution in [2.45, 2.75) is 37.6 Å². The highest BCUT2D eigenvalue weighted by molar-refractivity contribution is 7.89. The minimum Gasteiger partial charge on any atom is -0.258 e. The first kappa shape index (κ1) is 15.8. The van der Waals surface area contributed by atoms with Gasteiger partial charge >= 0.3 is 5.69 Å². The molecule has 21 heavy (non-hydrogen) atoms. The van der Waals surface area contributed by atoms with Crippen molar-refractivity contribution in [3.05, 3.63) is 34.1 Å². The first-order chi connectivity index (χ1) is 9.76. The van der Waals surface area contributed by atoms with Gasteiger partial charge in [0.05, 0.1) is 4.92 Å². The third kappa shape index (κ3) is 2.77. The zero-order chi connectivity index (χ0) is 15.8. The highest BCUT2D eigenvalue weighted by atomic mass is 32.2. The SMILES string of the molecule is CC1CCCN(S(=O)(=O)c2cccc(F)c2[N+](=O)[O-])C1C. The lowest BCUT2D eigenvalue weighted by Gasteiger charge is -2.36. The van der Waals surface area contributed by atoms with Crippen LogP contribution in [0.1, 0.15) is 26.7 Å². The van der Waals surface area contributed by atoms with E-state index in [1.807, 2.05) is 6.92 Å². The molecule has 2 unspecified atom stereocenters. The van der Waals surface area contributed by atoms with Crippen molar-refractivity contribution >= 4 is 15.7 Å². The van der Waals surface area contributed by atoms with Gasteiger partial charge in [-0.25, -0.2) is 8.42 Å². The molecule has 6 nitrogen and oxygen atoms in total. The Morgan fingerprint density at radius 1 is 1.38 bits per heavy atom. The monoisotopic (exact) mass is 316 g/mol. The second-order valence-electron chi connectivity index (χ2n) is 5.32. The number of sulfonamides is 1. The topological polar surface area (TPSA) is 80.5 Å². The van der Waals surface area contributed by atoms with Crippen molar-refractivity contribution < 1.29 is 17.7 Å². The fourth-order valence-corrected chi connectivity index (χ4v) is 4.58. The number of hydrogen-bond acceptors (Lipinski definition) is 4. The van der Waals surface area contributed by atoms with Gasteiger partial charge in [-0.2, -0.15) is 8.70 Å². The summed E-state index contributed by atoms with van der Waals surface area (Å²) in [6, 6.07) is 2.88. The van der Waals surface area contributed by atoms with Crippen molar-refractivity contribution in [3.8, 4) is 0 Å². The lowest BCUT2D eigenvalue weighted by molar-refractivity contribution is -0.390. The van der Waals surface area contributed by atoms with E-state index in [-0.39, 0.29) is 12.0 Å². The molecule has 2 atom stereocenters. The number of halogens is 1. The molecular weight excluding hydrogens is 299 g/mol. The molecule has 1 fully saturated rings. The molecule has 0 bridgehead atoms. The lowest BCUT2D eigenvalue weighted by Crippen LogP contribution is -2.46. The molecule has 1 aliphatic rings. The maximum absolute atomic E-state index is 13.6. The number of hydrogen-bond donors (Lipinski definition) is 0. The standard InChI is InChI=1S/C13H17FN2O4S/c1-9-5-4-8-15(10(9)2)21(19,20)12-7-3-6-11(14)13(12)16(17)18/h3,6-7,9-10H,4-5,8H2,1-2H3. The zero-order valence-corrected chi connectivity index (χ0v) is 12.6. The number of para-hydroxylation sites is 1. The van der Waals surface area contributed by atoms with Crippen LogP contribution in [-0.2, 0) is 10.0 Å². The summed E-state index contributed by atoms with van der Waals surface area (Å²) in [4.78, 5) is 9.44. The molecule has 1 aliphatic heterocycles. The van der Waals surface area contributed by atoms with E-state index in [1.165, 1.54) is 10.4 Å². The molecule has 2 rings (SSSR count). The molecule has 0 aromatic heterocycles. The van der Waals surface area contributed by atoms with E-state index in [0.717, 1.165) is 18.6 Å². The van der Waals surface area contributed by atoms with Gasteiger partial charge in [0.25, 0.3) is 0 Å². The Hall–Kier alpha value is -1.54. The van der Waals surface area contributed by atoms with Gasteiger partial charge in [0.2, 0.25) is 15.8 Å². The summed E-state index contributed by atoms with van der Waals surface area (Å²) in [7, 11) is -4.09. The van der Waals surface area contributed by atoms with Crippen LogP contribution in [0, 0.1) is 21.8 Å². The van der Waals surface area contributed by atoms with E-state index in [9.17, 15) is 22.9 Å². The molecular formula is C13H17FN2O4S. The van der Waals surface area contributed by atoms with E-state index in [4.69, 9.17) is 0 Å². The number of rotatable bonds is 3. The van der Waals surface area contributed by atoms with Gasteiger partial charge in [-0.3, -0.25) is 10.1 Å². The molecule has 1 aromatic carbocycles. The molecule has 0 saturated carbocycles. The summed E-state index contributed by atoms with van der Waals surface area (Å²) < 4.78 is 40.2. The first-order valence-corrected chi connectivity index (χ1v) is 8.15. The fourth-order valence-electron chi connectivity index (χ4n) is 2.64. The second-order valence-corrected chi connectivity index (χ2v) is 7.18. The van der Waals surface area contributed by atoms with Crippen LogP contribution in [0.5, 0.6) is 0 Å². The third-order valence-electron chi connectivity index (χ3n) is 4.03. The normalized spacial score (nSPS) is 24.0. The second kappa shape index (κ2) is 5.69. The van der Waals surface area contributed by atoms with Crippen molar-refractivity contribution in [3.63, 3.8) is 0 Å². The highest BCUT2D eigenvalue weighted by Gasteiger charge is 2.39. The predicted octanol–water partition coefficient (Wildman–Crippen LogP) is 2.54. The van der Waals surface area contributed by atoms with E-state index in [1.54, 1.807) is 6.92 Å². The van der Waals surface area contributed by atoms with Crippen LogP contribution in [-0.4, -0.2) is 30.2 Å². The van der Waals surface area contributed by atoms with Gasteiger partial charge < -0.3 is 0 Å². The summed E-state index contributed by atoms with van der Waals surface area (Å²) in [5, 5.41) is 11.0. The molecule has 0 radical (unpaired) electrons. The summed E-state index contributed by atoms with van der Waals surface area (Å²) in [5.41, 5.74) is -0.983. The van der Waals surface area contributed by atoms with Crippen LogP contribution in [0.3, 0.4) is 0 Å². The summed E-state index contributed by atoms with van der Waals surface area (Å²) in [6.07, 6.45) is 1.59. The average Bonchev–Trinajstić information content (AvgIpc) is 2.41. The summed E-state index contributed by atoms with van der Waals surface area (Å²) in [5.74, 6) is -0.986. The van der Waals surface area contributed by atoms with E-state index < -0.39 is 31.3 Å². The van der Waals surface area contributed by atoms with Crippen LogP contribution < -0.4 is 0 Å². The molecule has 1 heterocycles. The molecule has 8 heteroatoms. The Balaban J connectivity index is 2.55. The van der Waals surface area contributed by atoms with E-state index in [0.29, 0.717) is 13.0 Å². The van der Waals surface area contributed by atoms with E-state index >= 15 is 0 Å². The first-order valence-electron chi connectivity index (χ1n) is 6.71. The van der Waals surface area contributed by atoms with Gasteiger partial charge in [0.1, 0.15) is 0 Å². The lowest BCUT2D eigenvalue weighted by atomic mass is 9.94. The number of nitrogens with zero attached hydrogens (tertiary/aromatic N) is 2. The highest BCUT2D eigenvalue weighted by Crippen LogP contribution is 2.33. The number of piperidine rings is 1. The fraction of sp³-hybridized carbons (Fsp3) is 0.538. The minimum atomic E-state index is -4.09. The Morgan fingerprint density at radius 3 is 2.67 bits per heavy atom. The molecule has 0 amide bonds. The smallest absolute Gasteiger partial charge is 0.258 e. The summed E-state index contributed by atoms with van der Waals surface area (Å²) in [6.45, 7) is 4.00. The molecule has 0 aliphatic carbocycles. The van der Waals surface area contributed by atoms with Crippen molar-refractivity contribution in [1.29, 1.82) is 0 Å². The quantitative estimate of drug-likeness (QED) is 0.634. The number of benzene rings is 1.